The van der Waals surface area contributed by atoms with Crippen molar-refractivity contribution in [2.45, 2.75) is 52.5 Å². The molecule has 0 amide bonds. The van der Waals surface area contributed by atoms with Gasteiger partial charge in [-0.15, -0.1) is 0 Å². The molecule has 3 heteroatoms. The van der Waals surface area contributed by atoms with E-state index in [-0.39, 0.29) is 5.75 Å². The standard InChI is InChI=1S/C18H29NO2/c1-14(2)11-18(9-4-5-10-18)13-19-12-15-7-6-8-16(21-3)17(15)20/h6-8,14,19-20H,4-5,9-13H2,1-3H3. The lowest BCUT2D eigenvalue weighted by molar-refractivity contribution is 0.223. The Kier molecular flexibility index (Phi) is 5.51. The highest BCUT2D eigenvalue weighted by Gasteiger charge is 2.33. The molecule has 21 heavy (non-hydrogen) atoms. The second-order valence-electron chi connectivity index (χ2n) is 6.88. The highest BCUT2D eigenvalue weighted by Crippen LogP contribution is 2.42. The first-order valence-corrected chi connectivity index (χ1v) is 8.12. The van der Waals surface area contributed by atoms with Crippen LogP contribution in [0.5, 0.6) is 11.5 Å². The first kappa shape index (κ1) is 16.2. The number of ether oxygens (including phenoxy) is 1. The van der Waals surface area contributed by atoms with E-state index in [4.69, 9.17) is 4.74 Å². The minimum absolute atomic E-state index is 0.261. The molecule has 1 fully saturated rings. The maximum Gasteiger partial charge on any atom is 0.162 e. The van der Waals surface area contributed by atoms with E-state index < -0.39 is 0 Å². The number of para-hydroxylation sites is 1. The fraction of sp³-hybridized carbons (Fsp3) is 0.667. The van der Waals surface area contributed by atoms with Crippen LogP contribution in [0.4, 0.5) is 0 Å². The zero-order valence-corrected chi connectivity index (χ0v) is 13.6. The fourth-order valence-corrected chi connectivity index (χ4v) is 3.78. The molecule has 118 valence electrons. The average Bonchev–Trinajstić information content (AvgIpc) is 2.88. The SMILES string of the molecule is COc1cccc(CNCC2(CC(C)C)CCCC2)c1O. The summed E-state index contributed by atoms with van der Waals surface area (Å²) >= 11 is 0. The lowest BCUT2D eigenvalue weighted by Crippen LogP contribution is -2.33. The van der Waals surface area contributed by atoms with Gasteiger partial charge in [0.2, 0.25) is 0 Å². The largest absolute Gasteiger partial charge is 0.504 e. The molecule has 0 heterocycles. The Hall–Kier alpha value is -1.22. The van der Waals surface area contributed by atoms with Crippen LogP contribution in [-0.2, 0) is 6.54 Å². The van der Waals surface area contributed by atoms with Crippen molar-refractivity contribution in [1.82, 2.24) is 5.32 Å². The van der Waals surface area contributed by atoms with Crippen LogP contribution in [0.3, 0.4) is 0 Å². The fourth-order valence-electron chi connectivity index (χ4n) is 3.78. The van der Waals surface area contributed by atoms with E-state index in [1.54, 1.807) is 13.2 Å². The smallest absolute Gasteiger partial charge is 0.162 e. The molecule has 1 aliphatic rings. The molecule has 1 aliphatic carbocycles. The van der Waals surface area contributed by atoms with Gasteiger partial charge in [-0.1, -0.05) is 38.8 Å². The third-order valence-electron chi connectivity index (χ3n) is 4.62. The van der Waals surface area contributed by atoms with Gasteiger partial charge < -0.3 is 15.2 Å². The van der Waals surface area contributed by atoms with Crippen LogP contribution in [0, 0.1) is 11.3 Å². The number of nitrogens with one attached hydrogen (secondary N) is 1. The number of methoxy groups -OCH3 is 1. The van der Waals surface area contributed by atoms with Crippen LogP contribution in [-0.4, -0.2) is 18.8 Å². The molecule has 0 saturated heterocycles. The van der Waals surface area contributed by atoms with Gasteiger partial charge in [0.25, 0.3) is 0 Å². The minimum atomic E-state index is 0.261. The lowest BCUT2D eigenvalue weighted by Gasteiger charge is -2.31. The van der Waals surface area contributed by atoms with Gasteiger partial charge in [-0.2, -0.15) is 0 Å². The van der Waals surface area contributed by atoms with Gasteiger partial charge in [-0.3, -0.25) is 0 Å². The number of phenolic OH excluding ortho intramolecular Hbond substituents is 1. The van der Waals surface area contributed by atoms with Crippen molar-refractivity contribution < 1.29 is 9.84 Å². The summed E-state index contributed by atoms with van der Waals surface area (Å²) in [7, 11) is 1.59. The van der Waals surface area contributed by atoms with E-state index in [2.05, 4.69) is 19.2 Å². The molecule has 0 aromatic heterocycles. The molecule has 0 radical (unpaired) electrons. The van der Waals surface area contributed by atoms with E-state index in [1.807, 2.05) is 12.1 Å². The van der Waals surface area contributed by atoms with Crippen LogP contribution in [0.1, 0.15) is 51.5 Å². The maximum atomic E-state index is 10.1. The van der Waals surface area contributed by atoms with E-state index in [1.165, 1.54) is 32.1 Å². The van der Waals surface area contributed by atoms with Gasteiger partial charge >= 0.3 is 0 Å². The topological polar surface area (TPSA) is 41.5 Å². The second kappa shape index (κ2) is 7.17. The van der Waals surface area contributed by atoms with Crippen molar-refractivity contribution >= 4 is 0 Å². The molecule has 2 N–H and O–H groups in total. The molecule has 0 bridgehead atoms. The predicted molar refractivity (Wildman–Crippen MR) is 86.7 cm³/mol. The van der Waals surface area contributed by atoms with Crippen molar-refractivity contribution in [1.29, 1.82) is 0 Å². The molecule has 1 saturated carbocycles. The maximum absolute atomic E-state index is 10.1. The quantitative estimate of drug-likeness (QED) is 0.795. The number of phenols is 1. The van der Waals surface area contributed by atoms with Gasteiger partial charge in [0.1, 0.15) is 0 Å². The first-order chi connectivity index (χ1) is 10.1. The summed E-state index contributed by atoms with van der Waals surface area (Å²) in [5.74, 6) is 1.55. The Bertz CT molecular complexity index is 451. The summed E-state index contributed by atoms with van der Waals surface area (Å²) in [6.07, 6.45) is 6.69. The zero-order valence-electron chi connectivity index (χ0n) is 13.6. The Morgan fingerprint density at radius 2 is 2.00 bits per heavy atom. The second-order valence-corrected chi connectivity index (χ2v) is 6.88. The summed E-state index contributed by atoms with van der Waals surface area (Å²) in [6, 6.07) is 5.67. The average molecular weight is 291 g/mol. The Morgan fingerprint density at radius 1 is 1.29 bits per heavy atom. The normalized spacial score (nSPS) is 17.3. The van der Waals surface area contributed by atoms with Gasteiger partial charge in [-0.25, -0.2) is 0 Å². The van der Waals surface area contributed by atoms with Crippen LogP contribution in [0.2, 0.25) is 0 Å². The molecule has 0 spiro atoms. The zero-order chi connectivity index (χ0) is 15.3. The molecule has 3 nitrogen and oxygen atoms in total. The number of hydrogen-bond donors (Lipinski definition) is 2. The number of benzene rings is 1. The van der Waals surface area contributed by atoms with Crippen LogP contribution in [0.25, 0.3) is 0 Å². The van der Waals surface area contributed by atoms with Crippen molar-refractivity contribution in [2.75, 3.05) is 13.7 Å². The van der Waals surface area contributed by atoms with Crippen molar-refractivity contribution in [3.05, 3.63) is 23.8 Å². The van der Waals surface area contributed by atoms with Crippen molar-refractivity contribution in [2.24, 2.45) is 11.3 Å². The summed E-state index contributed by atoms with van der Waals surface area (Å²) in [5, 5.41) is 13.7. The van der Waals surface area contributed by atoms with Crippen LogP contribution >= 0.6 is 0 Å². The molecule has 0 aliphatic heterocycles. The Labute approximate surface area is 128 Å². The highest BCUT2D eigenvalue weighted by atomic mass is 16.5. The van der Waals surface area contributed by atoms with E-state index in [0.29, 0.717) is 17.7 Å². The summed E-state index contributed by atoms with van der Waals surface area (Å²) in [4.78, 5) is 0. The van der Waals surface area contributed by atoms with Crippen molar-refractivity contribution in [3.8, 4) is 11.5 Å². The van der Waals surface area contributed by atoms with Gasteiger partial charge in [0.05, 0.1) is 7.11 Å². The van der Waals surface area contributed by atoms with Crippen LogP contribution in [0.15, 0.2) is 18.2 Å². The highest BCUT2D eigenvalue weighted by molar-refractivity contribution is 5.45. The molecule has 1 aromatic rings. The van der Waals surface area contributed by atoms with E-state index in [0.717, 1.165) is 18.0 Å². The van der Waals surface area contributed by atoms with Gasteiger partial charge in [-0.05, 0) is 36.7 Å². The lowest BCUT2D eigenvalue weighted by atomic mass is 9.78. The third kappa shape index (κ3) is 4.13. The molecule has 2 rings (SSSR count). The number of aromatic hydroxyl groups is 1. The molecular formula is C18H29NO2. The monoisotopic (exact) mass is 291 g/mol. The van der Waals surface area contributed by atoms with Crippen molar-refractivity contribution in [3.63, 3.8) is 0 Å². The molecule has 1 aromatic carbocycles. The third-order valence-corrected chi connectivity index (χ3v) is 4.62. The number of rotatable bonds is 7. The van der Waals surface area contributed by atoms with E-state index in [9.17, 15) is 5.11 Å². The van der Waals surface area contributed by atoms with Crippen LogP contribution < -0.4 is 10.1 Å². The Morgan fingerprint density at radius 3 is 2.62 bits per heavy atom. The van der Waals surface area contributed by atoms with Gasteiger partial charge in [0.15, 0.2) is 11.5 Å². The summed E-state index contributed by atoms with van der Waals surface area (Å²) < 4.78 is 5.16. The molecular weight excluding hydrogens is 262 g/mol. The van der Waals surface area contributed by atoms with E-state index >= 15 is 0 Å². The molecule has 0 atom stereocenters. The van der Waals surface area contributed by atoms with Gasteiger partial charge in [0, 0.05) is 18.7 Å². The first-order valence-electron chi connectivity index (χ1n) is 8.12. The summed E-state index contributed by atoms with van der Waals surface area (Å²) in [6.45, 7) is 6.37. The predicted octanol–water partition coefficient (Wildman–Crippen LogP) is 4.10. The summed E-state index contributed by atoms with van der Waals surface area (Å²) in [5.41, 5.74) is 1.37. The molecule has 0 unspecified atom stereocenters. The number of hydrogen-bond acceptors (Lipinski definition) is 3. The minimum Gasteiger partial charge on any atom is -0.504 e. The Balaban J connectivity index is 1.94.